The van der Waals surface area contributed by atoms with Crippen molar-refractivity contribution in [2.75, 3.05) is 20.8 Å². The van der Waals surface area contributed by atoms with Gasteiger partial charge >= 0.3 is 0 Å². The van der Waals surface area contributed by atoms with Gasteiger partial charge in [0.25, 0.3) is 0 Å². The third-order valence-electron chi connectivity index (χ3n) is 2.63. The van der Waals surface area contributed by atoms with Crippen LogP contribution in [-0.4, -0.2) is 26.5 Å². The number of benzene rings is 1. The zero-order valence-corrected chi connectivity index (χ0v) is 9.42. The summed E-state index contributed by atoms with van der Waals surface area (Å²) in [6, 6.07) is 2.77. The minimum absolute atomic E-state index is 0.331. The Kier molecular flexibility index (Phi) is 3.08. The van der Waals surface area contributed by atoms with Crippen molar-refractivity contribution in [3.05, 3.63) is 23.5 Å². The van der Waals surface area contributed by atoms with Gasteiger partial charge in [0.05, 0.1) is 14.2 Å². The second-order valence-corrected chi connectivity index (χ2v) is 3.62. The van der Waals surface area contributed by atoms with E-state index in [1.165, 1.54) is 19.2 Å². The molecule has 3 nitrogen and oxygen atoms in total. The average molecular weight is 223 g/mol. The number of ether oxygens (including phenoxy) is 2. The molecule has 0 saturated heterocycles. The molecule has 0 unspecified atom stereocenters. The maximum absolute atomic E-state index is 13.4. The molecule has 86 valence electrons. The van der Waals surface area contributed by atoms with E-state index in [2.05, 4.69) is 4.99 Å². The van der Waals surface area contributed by atoms with E-state index in [9.17, 15) is 4.39 Å². The molecule has 1 aromatic carbocycles. The number of halogens is 1. The van der Waals surface area contributed by atoms with E-state index >= 15 is 0 Å². The standard InChI is InChI=1S/C12H14FNO2/c1-15-11-7-8(13)6-9(12(11)16-2)10-4-3-5-14-10/h6-7H,3-5H2,1-2H3. The first-order valence-electron chi connectivity index (χ1n) is 5.21. The predicted molar refractivity (Wildman–Crippen MR) is 60.1 cm³/mol. The molecule has 4 heteroatoms. The predicted octanol–water partition coefficient (Wildman–Crippen LogP) is 2.43. The number of methoxy groups -OCH3 is 2. The number of hydrogen-bond acceptors (Lipinski definition) is 3. The van der Waals surface area contributed by atoms with Gasteiger partial charge in [-0.3, -0.25) is 4.99 Å². The lowest BCUT2D eigenvalue weighted by molar-refractivity contribution is 0.352. The van der Waals surface area contributed by atoms with Gasteiger partial charge in [0.15, 0.2) is 11.5 Å². The van der Waals surface area contributed by atoms with Crippen molar-refractivity contribution in [3.63, 3.8) is 0 Å². The number of hydrogen-bond donors (Lipinski definition) is 0. The SMILES string of the molecule is COc1cc(F)cc(C2=NCCC2)c1OC. The highest BCUT2D eigenvalue weighted by Gasteiger charge is 2.18. The van der Waals surface area contributed by atoms with Crippen LogP contribution in [0.4, 0.5) is 4.39 Å². The molecule has 0 spiro atoms. The third kappa shape index (κ3) is 1.87. The van der Waals surface area contributed by atoms with Crippen LogP contribution < -0.4 is 9.47 Å². The van der Waals surface area contributed by atoms with Crippen molar-refractivity contribution in [3.8, 4) is 11.5 Å². The highest BCUT2D eigenvalue weighted by Crippen LogP contribution is 2.34. The third-order valence-corrected chi connectivity index (χ3v) is 2.63. The molecule has 0 bridgehead atoms. The molecule has 1 aliphatic rings. The van der Waals surface area contributed by atoms with Crippen LogP contribution in [0.5, 0.6) is 11.5 Å². The fourth-order valence-corrected chi connectivity index (χ4v) is 1.90. The molecular weight excluding hydrogens is 209 g/mol. The Bertz CT molecular complexity index is 429. The fourth-order valence-electron chi connectivity index (χ4n) is 1.90. The Morgan fingerprint density at radius 2 is 2.06 bits per heavy atom. The van der Waals surface area contributed by atoms with Gasteiger partial charge in [-0.15, -0.1) is 0 Å². The maximum Gasteiger partial charge on any atom is 0.169 e. The van der Waals surface area contributed by atoms with Gasteiger partial charge < -0.3 is 9.47 Å². The summed E-state index contributed by atoms with van der Waals surface area (Å²) in [6.45, 7) is 0.803. The number of nitrogens with zero attached hydrogens (tertiary/aromatic N) is 1. The van der Waals surface area contributed by atoms with Gasteiger partial charge in [-0.05, 0) is 18.9 Å². The summed E-state index contributed by atoms with van der Waals surface area (Å²) in [6.07, 6.45) is 1.88. The molecule has 0 saturated carbocycles. The van der Waals surface area contributed by atoms with Gasteiger partial charge in [0.2, 0.25) is 0 Å². The zero-order chi connectivity index (χ0) is 11.5. The number of rotatable bonds is 3. The molecule has 1 heterocycles. The summed E-state index contributed by atoms with van der Waals surface area (Å²) in [7, 11) is 3.05. The molecule has 0 atom stereocenters. The van der Waals surface area contributed by atoms with Crippen LogP contribution in [0.1, 0.15) is 18.4 Å². The van der Waals surface area contributed by atoms with E-state index in [1.807, 2.05) is 0 Å². The minimum atomic E-state index is -0.331. The summed E-state index contributed by atoms with van der Waals surface area (Å²) in [4.78, 5) is 4.35. The van der Waals surface area contributed by atoms with E-state index in [1.54, 1.807) is 7.11 Å². The molecule has 0 N–H and O–H groups in total. The molecule has 0 radical (unpaired) electrons. The normalized spacial score (nSPS) is 14.8. The summed E-state index contributed by atoms with van der Waals surface area (Å²) in [5, 5.41) is 0. The van der Waals surface area contributed by atoms with E-state index in [4.69, 9.17) is 9.47 Å². The van der Waals surface area contributed by atoms with Crippen molar-refractivity contribution in [2.24, 2.45) is 4.99 Å². The second-order valence-electron chi connectivity index (χ2n) is 3.62. The first-order chi connectivity index (χ1) is 7.76. The topological polar surface area (TPSA) is 30.8 Å². The second kappa shape index (κ2) is 4.51. The lowest BCUT2D eigenvalue weighted by Crippen LogP contribution is -2.03. The van der Waals surface area contributed by atoms with Crippen molar-refractivity contribution >= 4 is 5.71 Å². The van der Waals surface area contributed by atoms with Gasteiger partial charge in [-0.2, -0.15) is 0 Å². The van der Waals surface area contributed by atoms with Crippen molar-refractivity contribution in [1.29, 1.82) is 0 Å². The van der Waals surface area contributed by atoms with Gasteiger partial charge in [0, 0.05) is 23.9 Å². The van der Waals surface area contributed by atoms with E-state index < -0.39 is 0 Å². The monoisotopic (exact) mass is 223 g/mol. The summed E-state index contributed by atoms with van der Waals surface area (Å²) in [5.74, 6) is 0.638. The maximum atomic E-state index is 13.4. The van der Waals surface area contributed by atoms with Gasteiger partial charge in [-0.25, -0.2) is 4.39 Å². The van der Waals surface area contributed by atoms with Crippen LogP contribution in [0, 0.1) is 5.82 Å². The highest BCUT2D eigenvalue weighted by atomic mass is 19.1. The molecular formula is C12H14FNO2. The minimum Gasteiger partial charge on any atom is -0.493 e. The molecule has 0 aliphatic carbocycles. The van der Waals surface area contributed by atoms with Crippen LogP contribution in [0.15, 0.2) is 17.1 Å². The Balaban J connectivity index is 2.53. The molecule has 1 aromatic rings. The quantitative estimate of drug-likeness (QED) is 0.788. The van der Waals surface area contributed by atoms with E-state index in [-0.39, 0.29) is 5.82 Å². The van der Waals surface area contributed by atoms with Crippen LogP contribution in [0.3, 0.4) is 0 Å². The molecule has 0 amide bonds. The summed E-state index contributed by atoms with van der Waals surface area (Å²) < 4.78 is 23.8. The van der Waals surface area contributed by atoms with Crippen molar-refractivity contribution in [2.45, 2.75) is 12.8 Å². The Labute approximate surface area is 93.9 Å². The van der Waals surface area contributed by atoms with Crippen molar-refractivity contribution in [1.82, 2.24) is 0 Å². The molecule has 1 aliphatic heterocycles. The summed E-state index contributed by atoms with van der Waals surface area (Å²) in [5.41, 5.74) is 1.60. The zero-order valence-electron chi connectivity index (χ0n) is 9.42. The Hall–Kier alpha value is -1.58. The molecule has 0 fully saturated rings. The first-order valence-corrected chi connectivity index (χ1v) is 5.21. The largest absolute Gasteiger partial charge is 0.493 e. The van der Waals surface area contributed by atoms with Crippen LogP contribution in [0.2, 0.25) is 0 Å². The molecule has 2 rings (SSSR count). The lowest BCUT2D eigenvalue weighted by Gasteiger charge is -2.12. The summed E-state index contributed by atoms with van der Waals surface area (Å²) >= 11 is 0. The highest BCUT2D eigenvalue weighted by molar-refractivity contribution is 6.04. The molecule has 0 aromatic heterocycles. The van der Waals surface area contributed by atoms with E-state index in [0.29, 0.717) is 17.1 Å². The average Bonchev–Trinajstić information content (AvgIpc) is 2.81. The fraction of sp³-hybridized carbons (Fsp3) is 0.417. The van der Waals surface area contributed by atoms with Crippen LogP contribution >= 0.6 is 0 Å². The first kappa shape index (κ1) is 10.9. The Morgan fingerprint density at radius 3 is 2.62 bits per heavy atom. The van der Waals surface area contributed by atoms with Gasteiger partial charge in [-0.1, -0.05) is 0 Å². The van der Waals surface area contributed by atoms with Crippen molar-refractivity contribution < 1.29 is 13.9 Å². The lowest BCUT2D eigenvalue weighted by atomic mass is 10.1. The van der Waals surface area contributed by atoms with E-state index in [0.717, 1.165) is 25.1 Å². The van der Waals surface area contributed by atoms with Gasteiger partial charge in [0.1, 0.15) is 5.82 Å². The van der Waals surface area contributed by atoms with Crippen LogP contribution in [0.25, 0.3) is 0 Å². The van der Waals surface area contributed by atoms with Crippen LogP contribution in [-0.2, 0) is 0 Å². The molecule has 16 heavy (non-hydrogen) atoms. The number of aliphatic imine (C=N–C) groups is 1. The smallest absolute Gasteiger partial charge is 0.169 e. The Morgan fingerprint density at radius 1 is 1.25 bits per heavy atom.